The molecular formula is C7H11N3O5. The average molecular weight is 217 g/mol. The lowest BCUT2D eigenvalue weighted by molar-refractivity contribution is -0.757. The van der Waals surface area contributed by atoms with Crippen molar-refractivity contribution in [3.8, 4) is 0 Å². The summed E-state index contributed by atoms with van der Waals surface area (Å²) in [7, 11) is 0. The maximum absolute atomic E-state index is 11.3. The van der Waals surface area contributed by atoms with Gasteiger partial charge in [0.1, 0.15) is 6.61 Å². The lowest BCUT2D eigenvalue weighted by Gasteiger charge is -2.13. The summed E-state index contributed by atoms with van der Waals surface area (Å²) >= 11 is 0. The first kappa shape index (κ1) is 11.2. The summed E-state index contributed by atoms with van der Waals surface area (Å²) in [6.07, 6.45) is 1.04. The van der Waals surface area contributed by atoms with Gasteiger partial charge >= 0.3 is 6.03 Å². The zero-order valence-electron chi connectivity index (χ0n) is 7.97. The van der Waals surface area contributed by atoms with Gasteiger partial charge in [-0.1, -0.05) is 0 Å². The van der Waals surface area contributed by atoms with Crippen molar-refractivity contribution in [3.05, 3.63) is 10.1 Å². The summed E-state index contributed by atoms with van der Waals surface area (Å²) in [6.45, 7) is 0.186. The number of carbonyl (C=O) groups is 2. The molecule has 15 heavy (non-hydrogen) atoms. The van der Waals surface area contributed by atoms with Gasteiger partial charge in [0.25, 0.3) is 5.09 Å². The van der Waals surface area contributed by atoms with E-state index in [4.69, 9.17) is 0 Å². The number of imide groups is 1. The Bertz CT molecular complexity index is 280. The molecule has 0 bridgehead atoms. The number of carbonyl (C=O) groups excluding carboxylic acids is 2. The van der Waals surface area contributed by atoms with E-state index in [0.29, 0.717) is 19.4 Å². The average Bonchev–Trinajstić information content (AvgIpc) is 2.58. The van der Waals surface area contributed by atoms with E-state index in [1.807, 2.05) is 0 Å². The summed E-state index contributed by atoms with van der Waals surface area (Å²) in [5.74, 6) is -0.220. The largest absolute Gasteiger partial charge is 0.336 e. The number of urea groups is 1. The maximum atomic E-state index is 11.3. The number of nitrogens with one attached hydrogen (secondary N) is 1. The number of hydrogen-bond acceptors (Lipinski definition) is 5. The predicted molar refractivity (Wildman–Crippen MR) is 47.3 cm³/mol. The van der Waals surface area contributed by atoms with Crippen molar-refractivity contribution < 1.29 is 19.5 Å². The SMILES string of the molecule is O=C1CCCN1C(=O)NCCO[N+](=O)[O-]. The van der Waals surface area contributed by atoms with Crippen LogP contribution in [0.25, 0.3) is 0 Å². The molecule has 0 saturated carbocycles. The third-order valence-corrected chi connectivity index (χ3v) is 1.89. The van der Waals surface area contributed by atoms with Crippen LogP contribution in [0.3, 0.4) is 0 Å². The Kier molecular flexibility index (Phi) is 3.83. The molecule has 1 rings (SSSR count). The quantitative estimate of drug-likeness (QED) is 0.389. The summed E-state index contributed by atoms with van der Waals surface area (Å²) in [6, 6.07) is -0.524. The molecule has 1 aliphatic heterocycles. The Labute approximate surface area is 85.3 Å². The summed E-state index contributed by atoms with van der Waals surface area (Å²) in [5.41, 5.74) is 0. The van der Waals surface area contributed by atoms with E-state index in [0.717, 1.165) is 4.90 Å². The van der Waals surface area contributed by atoms with E-state index in [9.17, 15) is 19.7 Å². The molecule has 1 fully saturated rings. The lowest BCUT2D eigenvalue weighted by atomic mass is 10.4. The fraction of sp³-hybridized carbons (Fsp3) is 0.714. The van der Waals surface area contributed by atoms with Crippen molar-refractivity contribution >= 4 is 11.9 Å². The van der Waals surface area contributed by atoms with Crippen LogP contribution in [0.4, 0.5) is 4.79 Å². The van der Waals surface area contributed by atoms with E-state index in [2.05, 4.69) is 10.2 Å². The van der Waals surface area contributed by atoms with Crippen molar-refractivity contribution in [3.63, 3.8) is 0 Å². The van der Waals surface area contributed by atoms with Crippen LogP contribution in [0.2, 0.25) is 0 Å². The van der Waals surface area contributed by atoms with Crippen LogP contribution in [-0.2, 0) is 9.63 Å². The number of hydrogen-bond donors (Lipinski definition) is 1. The second-order valence-electron chi connectivity index (χ2n) is 2.94. The van der Waals surface area contributed by atoms with Crippen LogP contribution in [-0.4, -0.2) is 41.6 Å². The van der Waals surface area contributed by atoms with Gasteiger partial charge in [-0.3, -0.25) is 9.69 Å². The van der Waals surface area contributed by atoms with E-state index < -0.39 is 11.1 Å². The van der Waals surface area contributed by atoms with Crippen LogP contribution in [0.5, 0.6) is 0 Å². The van der Waals surface area contributed by atoms with Gasteiger partial charge < -0.3 is 10.2 Å². The Balaban J connectivity index is 2.18. The normalized spacial score (nSPS) is 15.2. The molecule has 0 aromatic carbocycles. The minimum Gasteiger partial charge on any atom is -0.336 e. The predicted octanol–water partition coefficient (Wildman–Crippen LogP) is -0.473. The van der Waals surface area contributed by atoms with Crippen molar-refractivity contribution in [2.75, 3.05) is 19.7 Å². The minimum atomic E-state index is -0.937. The molecule has 1 heterocycles. The van der Waals surface area contributed by atoms with Crippen LogP contribution >= 0.6 is 0 Å². The highest BCUT2D eigenvalue weighted by molar-refractivity contribution is 5.95. The van der Waals surface area contributed by atoms with Gasteiger partial charge in [-0.15, -0.1) is 10.1 Å². The molecule has 8 heteroatoms. The standard InChI is InChI=1S/C7H11N3O5/c11-6-2-1-4-9(6)7(12)8-3-5-15-10(13)14/h1-5H2,(H,8,12). The third-order valence-electron chi connectivity index (χ3n) is 1.89. The van der Waals surface area contributed by atoms with Gasteiger partial charge in [0.15, 0.2) is 0 Å². The minimum absolute atomic E-state index is 0.00356. The molecule has 0 aliphatic carbocycles. The summed E-state index contributed by atoms with van der Waals surface area (Å²) < 4.78 is 0. The van der Waals surface area contributed by atoms with Crippen molar-refractivity contribution in [1.82, 2.24) is 10.2 Å². The Morgan fingerprint density at radius 3 is 2.93 bits per heavy atom. The Hall–Kier alpha value is -1.86. The highest BCUT2D eigenvalue weighted by Crippen LogP contribution is 2.08. The first-order valence-electron chi connectivity index (χ1n) is 4.47. The molecule has 0 aromatic rings. The Morgan fingerprint density at radius 2 is 2.40 bits per heavy atom. The topological polar surface area (TPSA) is 102 Å². The van der Waals surface area contributed by atoms with Crippen molar-refractivity contribution in [2.24, 2.45) is 0 Å². The third kappa shape index (κ3) is 3.41. The molecule has 0 aromatic heterocycles. The molecule has 1 saturated heterocycles. The smallest absolute Gasteiger partial charge is 0.324 e. The second-order valence-corrected chi connectivity index (χ2v) is 2.94. The number of likely N-dealkylation sites (tertiary alicyclic amines) is 1. The van der Waals surface area contributed by atoms with Crippen LogP contribution in [0, 0.1) is 10.1 Å². The summed E-state index contributed by atoms with van der Waals surface area (Å²) in [5, 5.41) is 11.2. The molecular weight excluding hydrogens is 206 g/mol. The molecule has 0 radical (unpaired) electrons. The molecule has 1 N–H and O–H groups in total. The van der Waals surface area contributed by atoms with E-state index in [1.54, 1.807) is 0 Å². The van der Waals surface area contributed by atoms with E-state index in [1.165, 1.54) is 0 Å². The highest BCUT2D eigenvalue weighted by Gasteiger charge is 2.25. The van der Waals surface area contributed by atoms with E-state index >= 15 is 0 Å². The zero-order chi connectivity index (χ0) is 11.3. The lowest BCUT2D eigenvalue weighted by Crippen LogP contribution is -2.41. The monoisotopic (exact) mass is 217 g/mol. The van der Waals surface area contributed by atoms with Gasteiger partial charge in [-0.2, -0.15) is 0 Å². The van der Waals surface area contributed by atoms with Gasteiger partial charge in [0.2, 0.25) is 5.91 Å². The molecule has 8 nitrogen and oxygen atoms in total. The zero-order valence-corrected chi connectivity index (χ0v) is 7.97. The van der Waals surface area contributed by atoms with Crippen molar-refractivity contribution in [1.29, 1.82) is 0 Å². The molecule has 0 atom stereocenters. The Morgan fingerprint density at radius 1 is 1.67 bits per heavy atom. The fourth-order valence-electron chi connectivity index (χ4n) is 1.24. The van der Waals surface area contributed by atoms with Gasteiger partial charge in [0, 0.05) is 19.5 Å². The van der Waals surface area contributed by atoms with Crippen LogP contribution in [0.1, 0.15) is 12.8 Å². The number of rotatable bonds is 4. The first-order valence-corrected chi connectivity index (χ1v) is 4.47. The number of amides is 3. The molecule has 84 valence electrons. The van der Waals surface area contributed by atoms with Gasteiger partial charge in [-0.25, -0.2) is 4.79 Å². The first-order chi connectivity index (χ1) is 7.11. The van der Waals surface area contributed by atoms with Gasteiger partial charge in [0.05, 0.1) is 0 Å². The summed E-state index contributed by atoms with van der Waals surface area (Å²) in [4.78, 5) is 37.2. The van der Waals surface area contributed by atoms with E-state index in [-0.39, 0.29) is 19.1 Å². The molecule has 3 amide bonds. The van der Waals surface area contributed by atoms with Gasteiger partial charge in [-0.05, 0) is 6.42 Å². The number of nitrogens with zero attached hydrogens (tertiary/aromatic N) is 2. The fourth-order valence-corrected chi connectivity index (χ4v) is 1.24. The molecule has 0 spiro atoms. The highest BCUT2D eigenvalue weighted by atomic mass is 16.9. The van der Waals surface area contributed by atoms with Crippen LogP contribution in [0.15, 0.2) is 0 Å². The molecule has 1 aliphatic rings. The van der Waals surface area contributed by atoms with Crippen molar-refractivity contribution in [2.45, 2.75) is 12.8 Å². The second kappa shape index (κ2) is 5.13. The maximum Gasteiger partial charge on any atom is 0.324 e. The van der Waals surface area contributed by atoms with Crippen LogP contribution < -0.4 is 5.32 Å². The molecule has 0 unspecified atom stereocenters.